The number of thiophene rings is 1. The number of carbonyl (C=O) groups is 1. The predicted molar refractivity (Wildman–Crippen MR) is 118 cm³/mol. The molecule has 0 fully saturated rings. The number of ether oxygens (including phenoxy) is 1. The lowest BCUT2D eigenvalue weighted by Gasteiger charge is -2.08. The first-order valence-electron chi connectivity index (χ1n) is 8.10. The highest BCUT2D eigenvalue weighted by molar-refractivity contribution is 7.80. The van der Waals surface area contributed by atoms with Gasteiger partial charge in [-0.2, -0.15) is 5.10 Å². The van der Waals surface area contributed by atoms with Crippen molar-refractivity contribution in [2.75, 3.05) is 17.7 Å². The molecule has 0 spiro atoms. The van der Waals surface area contributed by atoms with Crippen molar-refractivity contribution < 1.29 is 9.53 Å². The van der Waals surface area contributed by atoms with E-state index in [1.807, 2.05) is 19.2 Å². The van der Waals surface area contributed by atoms with E-state index < -0.39 is 5.97 Å². The quantitative estimate of drug-likeness (QED) is 0.407. The molecule has 0 aliphatic heterocycles. The van der Waals surface area contributed by atoms with E-state index in [4.69, 9.17) is 40.2 Å². The highest BCUT2D eigenvalue weighted by Crippen LogP contribution is 2.28. The maximum absolute atomic E-state index is 11.9. The van der Waals surface area contributed by atoms with E-state index in [1.165, 1.54) is 18.4 Å². The van der Waals surface area contributed by atoms with Gasteiger partial charge in [-0.05, 0) is 42.9 Å². The van der Waals surface area contributed by atoms with Gasteiger partial charge in [0.25, 0.3) is 0 Å². The molecule has 2 N–H and O–H groups in total. The highest BCUT2D eigenvalue weighted by atomic mass is 35.5. The predicted octanol–water partition coefficient (Wildman–Crippen LogP) is 5.20. The molecular formula is C18H16Cl2N4O2S2. The molecule has 0 atom stereocenters. The van der Waals surface area contributed by atoms with Crippen LogP contribution in [0.4, 0.5) is 10.8 Å². The second-order valence-electron chi connectivity index (χ2n) is 5.80. The van der Waals surface area contributed by atoms with Gasteiger partial charge in [0.05, 0.1) is 19.2 Å². The fourth-order valence-electron chi connectivity index (χ4n) is 2.46. The Bertz CT molecular complexity index is 1030. The van der Waals surface area contributed by atoms with Crippen LogP contribution in [0, 0.1) is 6.92 Å². The smallest absolute Gasteiger partial charge is 0.340 e. The van der Waals surface area contributed by atoms with Gasteiger partial charge in [0.2, 0.25) is 0 Å². The summed E-state index contributed by atoms with van der Waals surface area (Å²) in [5.74, 6) is 0.147. The number of benzene rings is 1. The van der Waals surface area contributed by atoms with Gasteiger partial charge in [0, 0.05) is 27.2 Å². The second-order valence-corrected chi connectivity index (χ2v) is 8.31. The molecule has 0 radical (unpaired) electrons. The average molecular weight is 455 g/mol. The molecule has 0 aliphatic carbocycles. The maximum atomic E-state index is 11.9. The molecular weight excluding hydrogens is 439 g/mol. The van der Waals surface area contributed by atoms with Crippen molar-refractivity contribution in [3.8, 4) is 0 Å². The highest BCUT2D eigenvalue weighted by Gasteiger charge is 2.16. The zero-order valence-electron chi connectivity index (χ0n) is 15.0. The van der Waals surface area contributed by atoms with Crippen LogP contribution in [0.2, 0.25) is 10.0 Å². The maximum Gasteiger partial charge on any atom is 0.340 e. The summed E-state index contributed by atoms with van der Waals surface area (Å²) in [6.45, 7) is 2.40. The largest absolute Gasteiger partial charge is 0.465 e. The summed E-state index contributed by atoms with van der Waals surface area (Å²) < 4.78 is 6.53. The van der Waals surface area contributed by atoms with Crippen molar-refractivity contribution in [2.45, 2.75) is 13.5 Å². The van der Waals surface area contributed by atoms with Crippen LogP contribution in [0.25, 0.3) is 0 Å². The molecule has 6 nitrogen and oxygen atoms in total. The Balaban J connectivity index is 1.65. The molecule has 3 rings (SSSR count). The Kier molecular flexibility index (Phi) is 6.56. The summed E-state index contributed by atoms with van der Waals surface area (Å²) in [6.07, 6.45) is 1.81. The van der Waals surface area contributed by atoms with Crippen molar-refractivity contribution in [1.29, 1.82) is 0 Å². The van der Waals surface area contributed by atoms with Crippen molar-refractivity contribution >= 4 is 68.7 Å². The molecule has 28 heavy (non-hydrogen) atoms. The molecule has 0 saturated carbocycles. The summed E-state index contributed by atoms with van der Waals surface area (Å²) in [5, 5.41) is 12.6. The van der Waals surface area contributed by atoms with Gasteiger partial charge < -0.3 is 15.4 Å². The number of rotatable bonds is 5. The molecule has 0 bridgehead atoms. The fraction of sp³-hybridized carbons (Fsp3) is 0.167. The number of anilines is 2. The number of halogens is 2. The van der Waals surface area contributed by atoms with Gasteiger partial charge in [0.1, 0.15) is 5.00 Å². The van der Waals surface area contributed by atoms with Crippen LogP contribution in [0.3, 0.4) is 0 Å². The zero-order valence-corrected chi connectivity index (χ0v) is 18.1. The minimum Gasteiger partial charge on any atom is -0.465 e. The third kappa shape index (κ3) is 5.02. The van der Waals surface area contributed by atoms with Crippen LogP contribution < -0.4 is 10.6 Å². The fourth-order valence-corrected chi connectivity index (χ4v) is 4.10. The second kappa shape index (κ2) is 8.91. The van der Waals surface area contributed by atoms with Gasteiger partial charge >= 0.3 is 5.97 Å². The van der Waals surface area contributed by atoms with E-state index >= 15 is 0 Å². The van der Waals surface area contributed by atoms with Gasteiger partial charge in [0.15, 0.2) is 10.9 Å². The lowest BCUT2D eigenvalue weighted by molar-refractivity contribution is 0.0602. The lowest BCUT2D eigenvalue weighted by atomic mass is 10.2. The van der Waals surface area contributed by atoms with Gasteiger partial charge in [-0.1, -0.05) is 29.3 Å². The van der Waals surface area contributed by atoms with Crippen molar-refractivity contribution in [1.82, 2.24) is 9.78 Å². The van der Waals surface area contributed by atoms with Crippen molar-refractivity contribution in [3.63, 3.8) is 0 Å². The van der Waals surface area contributed by atoms with E-state index in [-0.39, 0.29) is 0 Å². The first kappa shape index (κ1) is 20.6. The van der Waals surface area contributed by atoms with Crippen LogP contribution in [0.5, 0.6) is 0 Å². The van der Waals surface area contributed by atoms with Gasteiger partial charge in [-0.3, -0.25) is 4.68 Å². The van der Waals surface area contributed by atoms with Gasteiger partial charge in [-0.15, -0.1) is 11.3 Å². The van der Waals surface area contributed by atoms with Crippen LogP contribution in [-0.4, -0.2) is 28.0 Å². The molecule has 10 heteroatoms. The number of methoxy groups -OCH3 is 1. The Morgan fingerprint density at radius 3 is 2.79 bits per heavy atom. The van der Waals surface area contributed by atoms with Crippen LogP contribution >= 0.6 is 46.8 Å². The molecule has 0 unspecified atom stereocenters. The van der Waals surface area contributed by atoms with Crippen LogP contribution in [-0.2, 0) is 11.3 Å². The number of nitrogens with one attached hydrogen (secondary N) is 2. The number of aryl methyl sites for hydroxylation is 1. The Morgan fingerprint density at radius 1 is 1.29 bits per heavy atom. The first-order chi connectivity index (χ1) is 13.4. The minimum atomic E-state index is -0.418. The van der Waals surface area contributed by atoms with E-state index in [2.05, 4.69) is 15.7 Å². The Hall–Kier alpha value is -2.13. The van der Waals surface area contributed by atoms with Crippen LogP contribution in [0.15, 0.2) is 36.5 Å². The Morgan fingerprint density at radius 2 is 2.07 bits per heavy atom. The average Bonchev–Trinajstić information content (AvgIpc) is 3.22. The number of hydrogen-bond acceptors (Lipinski definition) is 5. The van der Waals surface area contributed by atoms with E-state index in [1.54, 1.807) is 28.9 Å². The molecule has 2 heterocycles. The standard InChI is InChI=1S/C18H16Cl2N4O2S2/c1-10-7-13(17(25)26-2)16(28-10)22-18(27)21-15-5-6-24(23-15)9-11-3-4-12(19)8-14(11)20/h3-8H,9H2,1-2H3,(H2,21,22,23,27). The lowest BCUT2D eigenvalue weighted by Crippen LogP contribution is -2.20. The number of thiocarbonyl (C=S) groups is 1. The molecule has 0 aliphatic rings. The summed E-state index contributed by atoms with van der Waals surface area (Å²) in [6, 6.07) is 8.89. The molecule has 0 saturated heterocycles. The monoisotopic (exact) mass is 454 g/mol. The topological polar surface area (TPSA) is 68.2 Å². The molecule has 3 aromatic rings. The van der Waals surface area contributed by atoms with Gasteiger partial charge in [-0.25, -0.2) is 4.79 Å². The number of carbonyl (C=O) groups excluding carboxylic acids is 1. The zero-order chi connectivity index (χ0) is 20.3. The number of esters is 1. The minimum absolute atomic E-state index is 0.321. The van der Waals surface area contributed by atoms with Crippen molar-refractivity contribution in [3.05, 3.63) is 62.6 Å². The molecule has 2 aromatic heterocycles. The summed E-state index contributed by atoms with van der Waals surface area (Å²) in [7, 11) is 1.34. The molecule has 1 aromatic carbocycles. The summed E-state index contributed by atoms with van der Waals surface area (Å²) in [4.78, 5) is 12.8. The SMILES string of the molecule is COC(=O)c1cc(C)sc1NC(=S)Nc1ccn(Cc2ccc(Cl)cc2Cl)n1. The first-order valence-corrected chi connectivity index (χ1v) is 10.1. The van der Waals surface area contributed by atoms with E-state index in [9.17, 15) is 4.79 Å². The third-order valence-electron chi connectivity index (χ3n) is 3.72. The normalized spacial score (nSPS) is 10.6. The molecule has 0 amide bonds. The Labute approximate surface area is 181 Å². The van der Waals surface area contributed by atoms with Crippen LogP contribution in [0.1, 0.15) is 20.8 Å². The number of nitrogens with zero attached hydrogens (tertiary/aromatic N) is 2. The van der Waals surface area contributed by atoms with Crippen molar-refractivity contribution in [2.24, 2.45) is 0 Å². The molecule has 146 valence electrons. The third-order valence-corrected chi connectivity index (χ3v) is 5.47. The van der Waals surface area contributed by atoms with E-state index in [0.717, 1.165) is 10.4 Å². The number of aromatic nitrogens is 2. The summed E-state index contributed by atoms with van der Waals surface area (Å²) >= 11 is 18.9. The summed E-state index contributed by atoms with van der Waals surface area (Å²) in [5.41, 5.74) is 1.34. The van der Waals surface area contributed by atoms with E-state index in [0.29, 0.717) is 38.1 Å². The number of hydrogen-bond donors (Lipinski definition) is 2.